The van der Waals surface area contributed by atoms with Gasteiger partial charge in [0.25, 0.3) is 5.91 Å². The third-order valence-electron chi connectivity index (χ3n) is 3.02. The van der Waals surface area contributed by atoms with Crippen LogP contribution in [0.5, 0.6) is 0 Å². The monoisotopic (exact) mass is 299 g/mol. The van der Waals surface area contributed by atoms with E-state index in [2.05, 4.69) is 22.1 Å². The lowest BCUT2D eigenvalue weighted by Crippen LogP contribution is -2.22. The molecule has 0 aliphatic rings. The van der Waals surface area contributed by atoms with Gasteiger partial charge in [-0.2, -0.15) is 0 Å². The summed E-state index contributed by atoms with van der Waals surface area (Å²) in [6.45, 7) is 4.74. The molecule has 0 saturated heterocycles. The van der Waals surface area contributed by atoms with E-state index in [1.807, 2.05) is 26.0 Å². The van der Waals surface area contributed by atoms with Crippen molar-refractivity contribution in [2.24, 2.45) is 5.73 Å². The van der Waals surface area contributed by atoms with E-state index in [0.717, 1.165) is 21.6 Å². The molecule has 4 nitrogen and oxygen atoms in total. The molecule has 0 bridgehead atoms. The molecule has 2 rings (SSSR count). The number of nitrogens with one attached hydrogen (secondary N) is 1. The van der Waals surface area contributed by atoms with E-state index in [1.165, 1.54) is 11.3 Å². The standard InChI is InChI=1S/C16H17N3OS/c1-11-8-15(21-14(11)4-3-6-17)16(20)19-10-13-5-7-18-9-12(13)2/h5,7-9H,6,10,17H2,1-2H3,(H,19,20). The third-order valence-corrected chi connectivity index (χ3v) is 4.17. The van der Waals surface area contributed by atoms with Crippen molar-refractivity contribution in [3.63, 3.8) is 0 Å². The molecule has 0 aliphatic heterocycles. The quantitative estimate of drug-likeness (QED) is 0.852. The first-order chi connectivity index (χ1) is 10.1. The number of aromatic nitrogens is 1. The average Bonchev–Trinajstić information content (AvgIpc) is 2.85. The van der Waals surface area contributed by atoms with E-state index >= 15 is 0 Å². The smallest absolute Gasteiger partial charge is 0.261 e. The van der Waals surface area contributed by atoms with E-state index in [4.69, 9.17) is 5.73 Å². The van der Waals surface area contributed by atoms with E-state index in [0.29, 0.717) is 18.0 Å². The van der Waals surface area contributed by atoms with Gasteiger partial charge in [-0.05, 0) is 42.7 Å². The van der Waals surface area contributed by atoms with Crippen LogP contribution in [0.4, 0.5) is 0 Å². The molecule has 3 N–H and O–H groups in total. The van der Waals surface area contributed by atoms with Crippen LogP contribution in [0, 0.1) is 25.7 Å². The second-order valence-electron chi connectivity index (χ2n) is 4.61. The average molecular weight is 299 g/mol. The second kappa shape index (κ2) is 7.02. The fourth-order valence-electron chi connectivity index (χ4n) is 1.81. The van der Waals surface area contributed by atoms with E-state index in [9.17, 15) is 4.79 Å². The summed E-state index contributed by atoms with van der Waals surface area (Å²) in [7, 11) is 0. The fourth-order valence-corrected chi connectivity index (χ4v) is 2.78. The van der Waals surface area contributed by atoms with Crippen molar-refractivity contribution < 1.29 is 4.79 Å². The molecule has 21 heavy (non-hydrogen) atoms. The zero-order valence-corrected chi connectivity index (χ0v) is 12.9. The maximum Gasteiger partial charge on any atom is 0.261 e. The Morgan fingerprint density at radius 3 is 2.95 bits per heavy atom. The predicted molar refractivity (Wildman–Crippen MR) is 85.1 cm³/mol. The van der Waals surface area contributed by atoms with Gasteiger partial charge in [0.1, 0.15) is 0 Å². The summed E-state index contributed by atoms with van der Waals surface area (Å²) in [5, 5.41) is 2.92. The van der Waals surface area contributed by atoms with Crippen LogP contribution in [-0.2, 0) is 6.54 Å². The number of carbonyl (C=O) groups is 1. The minimum Gasteiger partial charge on any atom is -0.347 e. The number of pyridine rings is 1. The van der Waals surface area contributed by atoms with Gasteiger partial charge in [-0.25, -0.2) is 0 Å². The summed E-state index contributed by atoms with van der Waals surface area (Å²) in [6, 6.07) is 3.77. The Kier molecular flexibility index (Phi) is 5.09. The number of hydrogen-bond donors (Lipinski definition) is 2. The second-order valence-corrected chi connectivity index (χ2v) is 5.67. The number of aryl methyl sites for hydroxylation is 2. The maximum absolute atomic E-state index is 12.2. The van der Waals surface area contributed by atoms with Crippen LogP contribution in [0.3, 0.4) is 0 Å². The SMILES string of the molecule is Cc1cnccc1CNC(=O)c1cc(C)c(C#CCN)s1. The first kappa shape index (κ1) is 15.2. The van der Waals surface area contributed by atoms with E-state index in [1.54, 1.807) is 12.4 Å². The molecule has 2 heterocycles. The molecule has 0 radical (unpaired) electrons. The molecule has 2 aromatic rings. The summed E-state index contributed by atoms with van der Waals surface area (Å²) in [6.07, 6.45) is 3.52. The molecule has 0 fully saturated rings. The summed E-state index contributed by atoms with van der Waals surface area (Å²) in [4.78, 5) is 17.8. The Bertz CT molecular complexity index is 710. The normalized spacial score (nSPS) is 9.86. The largest absolute Gasteiger partial charge is 0.347 e. The van der Waals surface area contributed by atoms with Gasteiger partial charge in [0.15, 0.2) is 0 Å². The van der Waals surface area contributed by atoms with Crippen LogP contribution in [0.15, 0.2) is 24.5 Å². The molecular weight excluding hydrogens is 282 g/mol. The van der Waals surface area contributed by atoms with Gasteiger partial charge in [0.2, 0.25) is 0 Å². The zero-order valence-electron chi connectivity index (χ0n) is 12.1. The summed E-state index contributed by atoms with van der Waals surface area (Å²) in [5.41, 5.74) is 8.50. The predicted octanol–water partition coefficient (Wildman–Crippen LogP) is 2.00. The van der Waals surface area contributed by atoms with Crippen molar-refractivity contribution in [2.45, 2.75) is 20.4 Å². The number of nitrogens with zero attached hydrogens (tertiary/aromatic N) is 1. The Morgan fingerprint density at radius 2 is 2.24 bits per heavy atom. The Balaban J connectivity index is 2.06. The number of amides is 1. The number of rotatable bonds is 3. The fraction of sp³-hybridized carbons (Fsp3) is 0.250. The third kappa shape index (κ3) is 3.91. The van der Waals surface area contributed by atoms with Gasteiger partial charge in [0.05, 0.1) is 16.3 Å². The molecule has 2 aromatic heterocycles. The molecule has 0 saturated carbocycles. The van der Waals surface area contributed by atoms with Crippen molar-refractivity contribution in [2.75, 3.05) is 6.54 Å². The number of thiophene rings is 1. The van der Waals surface area contributed by atoms with Crippen molar-refractivity contribution >= 4 is 17.2 Å². The topological polar surface area (TPSA) is 68.0 Å². The van der Waals surface area contributed by atoms with Crippen LogP contribution >= 0.6 is 11.3 Å². The first-order valence-corrected chi connectivity index (χ1v) is 7.40. The van der Waals surface area contributed by atoms with E-state index < -0.39 is 0 Å². The first-order valence-electron chi connectivity index (χ1n) is 6.59. The number of nitrogens with two attached hydrogens (primary N) is 1. The summed E-state index contributed by atoms with van der Waals surface area (Å²) >= 11 is 1.39. The highest BCUT2D eigenvalue weighted by Gasteiger charge is 2.11. The van der Waals surface area contributed by atoms with Crippen LogP contribution in [0.25, 0.3) is 0 Å². The molecule has 0 aromatic carbocycles. The van der Waals surface area contributed by atoms with Crippen LogP contribution in [0.2, 0.25) is 0 Å². The van der Waals surface area contributed by atoms with Gasteiger partial charge in [-0.3, -0.25) is 9.78 Å². The van der Waals surface area contributed by atoms with Crippen molar-refractivity contribution in [3.05, 3.63) is 51.0 Å². The minimum absolute atomic E-state index is 0.0832. The molecule has 0 atom stereocenters. The number of carbonyl (C=O) groups excluding carboxylic acids is 1. The van der Waals surface area contributed by atoms with Crippen LogP contribution in [0.1, 0.15) is 31.2 Å². The molecule has 0 aliphatic carbocycles. The maximum atomic E-state index is 12.2. The van der Waals surface area contributed by atoms with Gasteiger partial charge < -0.3 is 11.1 Å². The lowest BCUT2D eigenvalue weighted by molar-refractivity contribution is 0.0955. The van der Waals surface area contributed by atoms with Crippen molar-refractivity contribution in [1.29, 1.82) is 0 Å². The molecule has 5 heteroatoms. The highest BCUT2D eigenvalue weighted by atomic mass is 32.1. The number of hydrogen-bond acceptors (Lipinski definition) is 4. The van der Waals surface area contributed by atoms with Crippen LogP contribution in [-0.4, -0.2) is 17.4 Å². The van der Waals surface area contributed by atoms with Gasteiger partial charge in [-0.15, -0.1) is 11.3 Å². The molecule has 1 amide bonds. The Hall–Kier alpha value is -2.16. The van der Waals surface area contributed by atoms with Gasteiger partial charge >= 0.3 is 0 Å². The molecule has 0 spiro atoms. The summed E-state index contributed by atoms with van der Waals surface area (Å²) < 4.78 is 0. The van der Waals surface area contributed by atoms with Gasteiger partial charge in [-0.1, -0.05) is 11.8 Å². The van der Waals surface area contributed by atoms with Gasteiger partial charge in [0, 0.05) is 18.9 Å². The molecule has 0 unspecified atom stereocenters. The van der Waals surface area contributed by atoms with Crippen LogP contribution < -0.4 is 11.1 Å². The Morgan fingerprint density at radius 1 is 1.43 bits per heavy atom. The zero-order chi connectivity index (χ0) is 15.2. The minimum atomic E-state index is -0.0832. The molecular formula is C16H17N3OS. The highest BCUT2D eigenvalue weighted by molar-refractivity contribution is 7.14. The lowest BCUT2D eigenvalue weighted by Gasteiger charge is -2.06. The van der Waals surface area contributed by atoms with E-state index in [-0.39, 0.29) is 5.91 Å². The highest BCUT2D eigenvalue weighted by Crippen LogP contribution is 2.21. The Labute approximate surface area is 128 Å². The summed E-state index contributed by atoms with van der Waals surface area (Å²) in [5.74, 6) is 5.72. The van der Waals surface area contributed by atoms with Crippen molar-refractivity contribution in [1.82, 2.24) is 10.3 Å². The van der Waals surface area contributed by atoms with Crippen molar-refractivity contribution in [3.8, 4) is 11.8 Å². The lowest BCUT2D eigenvalue weighted by atomic mass is 10.1. The molecule has 108 valence electrons.